The van der Waals surface area contributed by atoms with Crippen molar-refractivity contribution in [2.45, 2.75) is 68.7 Å². The van der Waals surface area contributed by atoms with Crippen LogP contribution >= 0.6 is 0 Å². The Morgan fingerprint density at radius 1 is 1.29 bits per heavy atom. The summed E-state index contributed by atoms with van der Waals surface area (Å²) in [6.45, 7) is 1.82. The molecule has 0 aromatic heterocycles. The summed E-state index contributed by atoms with van der Waals surface area (Å²) in [6.07, 6.45) is 3.27. The fourth-order valence-electron chi connectivity index (χ4n) is 4.23. The molecule has 1 aromatic carbocycles. The van der Waals surface area contributed by atoms with E-state index in [2.05, 4.69) is 10.6 Å². The Morgan fingerprint density at radius 2 is 2.00 bits per heavy atom. The molecule has 6 heteroatoms. The van der Waals surface area contributed by atoms with Crippen molar-refractivity contribution in [3.63, 3.8) is 0 Å². The summed E-state index contributed by atoms with van der Waals surface area (Å²) in [5.41, 5.74) is 0.00339. The Morgan fingerprint density at radius 3 is 2.62 bits per heavy atom. The highest BCUT2D eigenvalue weighted by Gasteiger charge is 2.59. The predicted octanol–water partition coefficient (Wildman–Crippen LogP) is 1.40. The van der Waals surface area contributed by atoms with Crippen LogP contribution in [0, 0.1) is 12.7 Å². The molecule has 1 atom stereocenters. The third-order valence-corrected chi connectivity index (χ3v) is 5.96. The van der Waals surface area contributed by atoms with E-state index in [0.717, 1.165) is 12.0 Å². The maximum Gasteiger partial charge on any atom is 0.243 e. The zero-order chi connectivity index (χ0) is 17.1. The van der Waals surface area contributed by atoms with Crippen LogP contribution in [0.5, 0.6) is 0 Å². The molecule has 1 aliphatic heterocycles. The number of amides is 1. The second kappa shape index (κ2) is 5.17. The first-order valence-electron chi connectivity index (χ1n) is 8.60. The van der Waals surface area contributed by atoms with Gasteiger partial charge < -0.3 is 20.8 Å². The molecule has 4 N–H and O–H groups in total. The smallest absolute Gasteiger partial charge is 0.243 e. The topological polar surface area (TPSA) is 81.6 Å². The average Bonchev–Trinajstić information content (AvgIpc) is 2.87. The highest BCUT2D eigenvalue weighted by molar-refractivity contribution is 5.87. The summed E-state index contributed by atoms with van der Waals surface area (Å²) in [4.78, 5) is 12.4. The summed E-state index contributed by atoms with van der Waals surface area (Å²) in [5.74, 6) is -0.464. The monoisotopic (exact) mass is 334 g/mol. The van der Waals surface area contributed by atoms with Gasteiger partial charge >= 0.3 is 0 Å². The van der Waals surface area contributed by atoms with Gasteiger partial charge in [-0.3, -0.25) is 4.79 Å². The fourth-order valence-corrected chi connectivity index (χ4v) is 4.23. The van der Waals surface area contributed by atoms with Gasteiger partial charge in [0, 0.05) is 23.7 Å². The number of anilines is 1. The van der Waals surface area contributed by atoms with Gasteiger partial charge in [-0.15, -0.1) is 0 Å². The maximum absolute atomic E-state index is 14.0. The summed E-state index contributed by atoms with van der Waals surface area (Å²) in [5, 5.41) is 26.8. The van der Waals surface area contributed by atoms with Crippen molar-refractivity contribution in [2.75, 3.05) is 5.32 Å². The lowest BCUT2D eigenvalue weighted by Gasteiger charge is -2.57. The van der Waals surface area contributed by atoms with Crippen molar-refractivity contribution in [1.29, 1.82) is 0 Å². The Bertz CT molecular complexity index is 696. The normalized spacial score (nSPS) is 33.0. The molecule has 4 rings (SSSR count). The van der Waals surface area contributed by atoms with Crippen LogP contribution in [-0.2, 0) is 11.2 Å². The first kappa shape index (κ1) is 15.8. The second-order valence-electron chi connectivity index (χ2n) is 7.70. The molecule has 0 saturated heterocycles. The van der Waals surface area contributed by atoms with E-state index in [9.17, 15) is 19.4 Å². The van der Waals surface area contributed by atoms with Crippen molar-refractivity contribution >= 4 is 11.6 Å². The van der Waals surface area contributed by atoms with Gasteiger partial charge in [0.25, 0.3) is 0 Å². The Labute approximate surface area is 140 Å². The van der Waals surface area contributed by atoms with Gasteiger partial charge in [-0.1, -0.05) is 0 Å². The Hall–Kier alpha value is -1.66. The summed E-state index contributed by atoms with van der Waals surface area (Å²) < 4.78 is 14.0. The molecule has 1 aromatic rings. The number of aliphatic hydroxyl groups is 2. The molecule has 0 radical (unpaired) electrons. The molecule has 0 spiro atoms. The van der Waals surface area contributed by atoms with Crippen molar-refractivity contribution in [3.8, 4) is 0 Å². The Kier molecular flexibility index (Phi) is 3.41. The number of hydrogen-bond acceptors (Lipinski definition) is 4. The summed E-state index contributed by atoms with van der Waals surface area (Å²) in [6, 6.07) is 2.70. The van der Waals surface area contributed by atoms with Crippen LogP contribution in [0.3, 0.4) is 0 Å². The molecule has 2 aliphatic carbocycles. The highest BCUT2D eigenvalue weighted by atomic mass is 19.1. The van der Waals surface area contributed by atoms with Crippen molar-refractivity contribution in [2.24, 2.45) is 0 Å². The number of aryl methyl sites for hydroxylation is 1. The molecule has 0 bridgehead atoms. The minimum absolute atomic E-state index is 0.135. The zero-order valence-electron chi connectivity index (χ0n) is 13.7. The van der Waals surface area contributed by atoms with Crippen LogP contribution in [0.1, 0.15) is 43.2 Å². The number of nitrogens with one attached hydrogen (secondary N) is 2. The van der Waals surface area contributed by atoms with E-state index in [4.69, 9.17) is 0 Å². The van der Waals surface area contributed by atoms with E-state index in [1.165, 1.54) is 6.07 Å². The van der Waals surface area contributed by atoms with E-state index in [-0.39, 0.29) is 17.8 Å². The molecular formula is C18H23FN2O3. The largest absolute Gasteiger partial charge is 0.387 e. The first-order chi connectivity index (χ1) is 11.3. The lowest BCUT2D eigenvalue weighted by molar-refractivity contribution is -0.232. The molecule has 1 amide bonds. The van der Waals surface area contributed by atoms with Gasteiger partial charge in [-0.05, 0) is 56.7 Å². The van der Waals surface area contributed by atoms with E-state index < -0.39 is 17.2 Å². The lowest BCUT2D eigenvalue weighted by atomic mass is 9.58. The van der Waals surface area contributed by atoms with E-state index >= 15 is 0 Å². The highest BCUT2D eigenvalue weighted by Crippen LogP contribution is 2.50. The molecule has 2 saturated carbocycles. The quantitative estimate of drug-likeness (QED) is 0.673. The SMILES string of the molecule is Cc1cc(F)c2c(c1)NC(C(=O)NC1CC(O)(C3(O)CCC3)C1)C2. The molecule has 3 aliphatic rings. The molecule has 2 fully saturated rings. The third kappa shape index (κ3) is 2.31. The molecule has 24 heavy (non-hydrogen) atoms. The van der Waals surface area contributed by atoms with Crippen LogP contribution in [-0.4, -0.2) is 39.4 Å². The van der Waals surface area contributed by atoms with E-state index in [1.54, 1.807) is 0 Å². The number of rotatable bonds is 3. The van der Waals surface area contributed by atoms with Gasteiger partial charge in [0.05, 0.1) is 11.2 Å². The van der Waals surface area contributed by atoms with Gasteiger partial charge in [-0.25, -0.2) is 4.39 Å². The number of benzene rings is 1. The molecule has 1 heterocycles. The van der Waals surface area contributed by atoms with Crippen molar-refractivity contribution in [1.82, 2.24) is 5.32 Å². The van der Waals surface area contributed by atoms with Gasteiger partial charge in [0.15, 0.2) is 0 Å². The number of carbonyl (C=O) groups excluding carboxylic acids is 1. The van der Waals surface area contributed by atoms with Crippen LogP contribution in [0.4, 0.5) is 10.1 Å². The molecule has 1 unspecified atom stereocenters. The first-order valence-corrected chi connectivity index (χ1v) is 8.60. The number of carbonyl (C=O) groups is 1. The minimum Gasteiger partial charge on any atom is -0.387 e. The molecule has 130 valence electrons. The summed E-state index contributed by atoms with van der Waals surface area (Å²) >= 11 is 0. The van der Waals surface area contributed by atoms with E-state index in [0.29, 0.717) is 43.4 Å². The minimum atomic E-state index is -1.07. The van der Waals surface area contributed by atoms with Crippen LogP contribution in [0.25, 0.3) is 0 Å². The Balaban J connectivity index is 1.35. The van der Waals surface area contributed by atoms with Crippen LogP contribution in [0.15, 0.2) is 12.1 Å². The van der Waals surface area contributed by atoms with Crippen LogP contribution in [0.2, 0.25) is 0 Å². The molecule has 5 nitrogen and oxygen atoms in total. The number of hydrogen-bond donors (Lipinski definition) is 4. The van der Waals surface area contributed by atoms with E-state index in [1.807, 2.05) is 13.0 Å². The van der Waals surface area contributed by atoms with Gasteiger partial charge in [0.2, 0.25) is 5.91 Å². The van der Waals surface area contributed by atoms with Gasteiger partial charge in [0.1, 0.15) is 11.9 Å². The summed E-state index contributed by atoms with van der Waals surface area (Å²) in [7, 11) is 0. The maximum atomic E-state index is 14.0. The fraction of sp³-hybridized carbons (Fsp3) is 0.611. The second-order valence-corrected chi connectivity index (χ2v) is 7.70. The predicted molar refractivity (Wildman–Crippen MR) is 87.2 cm³/mol. The zero-order valence-corrected chi connectivity index (χ0v) is 13.7. The van der Waals surface area contributed by atoms with Crippen molar-refractivity contribution < 1.29 is 19.4 Å². The van der Waals surface area contributed by atoms with Gasteiger partial charge in [-0.2, -0.15) is 0 Å². The van der Waals surface area contributed by atoms with Crippen molar-refractivity contribution in [3.05, 3.63) is 29.1 Å². The number of fused-ring (bicyclic) bond motifs is 1. The standard InChI is InChI=1S/C18H23FN2O3/c1-10-5-13(19)12-7-15(21-14(12)6-10)16(22)20-11-8-18(24,9-11)17(23)3-2-4-17/h5-6,11,15,21,23-24H,2-4,7-9H2,1H3,(H,20,22). The average molecular weight is 334 g/mol. The lowest BCUT2D eigenvalue weighted by Crippen LogP contribution is -2.69. The van der Waals surface area contributed by atoms with Crippen LogP contribution < -0.4 is 10.6 Å². The number of halogens is 1. The molecular weight excluding hydrogens is 311 g/mol. The third-order valence-electron chi connectivity index (χ3n) is 5.96.